The molecular weight excluding hydrogens is 336 g/mol. The Morgan fingerprint density at radius 1 is 1.33 bits per heavy atom. The molecule has 8 nitrogen and oxygen atoms in total. The number of hydrogen-bond donors (Lipinski definition) is 0. The summed E-state index contributed by atoms with van der Waals surface area (Å²) in [5.41, 5.74) is -0.185. The molecule has 9 heteroatoms. The van der Waals surface area contributed by atoms with Crippen LogP contribution in [0.4, 0.5) is 5.69 Å². The van der Waals surface area contributed by atoms with E-state index in [0.29, 0.717) is 13.1 Å². The molecule has 0 bridgehead atoms. The number of nitrogens with zero attached hydrogens (tertiary/aromatic N) is 2. The number of sulfone groups is 1. The Labute approximate surface area is 140 Å². The normalized spacial score (nSPS) is 22.5. The predicted molar refractivity (Wildman–Crippen MR) is 87.7 cm³/mol. The van der Waals surface area contributed by atoms with Gasteiger partial charge in [-0.2, -0.15) is 0 Å². The summed E-state index contributed by atoms with van der Waals surface area (Å²) >= 11 is 0. The number of likely N-dealkylation sites (N-methyl/N-ethyl adjacent to an activating group) is 1. The van der Waals surface area contributed by atoms with Gasteiger partial charge in [-0.3, -0.25) is 15.0 Å². The average molecular weight is 356 g/mol. The van der Waals surface area contributed by atoms with E-state index in [2.05, 4.69) is 0 Å². The van der Waals surface area contributed by atoms with Crippen LogP contribution >= 0.6 is 0 Å². The van der Waals surface area contributed by atoms with Crippen molar-refractivity contribution in [1.82, 2.24) is 4.90 Å². The number of rotatable bonds is 6. The summed E-state index contributed by atoms with van der Waals surface area (Å²) in [6.07, 6.45) is -0.776. The van der Waals surface area contributed by atoms with Gasteiger partial charge in [0.15, 0.2) is 9.84 Å². The van der Waals surface area contributed by atoms with Crippen LogP contribution in [0.15, 0.2) is 24.3 Å². The standard InChI is InChI=1S/C15H20N2O6S/c1-3-16(4-2)13-9-24(21,22)10-14(13)23-15(18)11-6-5-7-12(8-11)17(19)20/h5-8,13-14H,3-4,9-10H2,1-2H3. The van der Waals surface area contributed by atoms with Crippen LogP contribution in [0.2, 0.25) is 0 Å². The van der Waals surface area contributed by atoms with E-state index in [1.165, 1.54) is 18.2 Å². The van der Waals surface area contributed by atoms with Crippen molar-refractivity contribution in [2.75, 3.05) is 24.6 Å². The summed E-state index contributed by atoms with van der Waals surface area (Å²) < 4.78 is 29.3. The minimum atomic E-state index is -3.29. The first-order valence-electron chi connectivity index (χ1n) is 7.67. The van der Waals surface area contributed by atoms with Gasteiger partial charge >= 0.3 is 5.97 Å². The van der Waals surface area contributed by atoms with Gasteiger partial charge in [-0.15, -0.1) is 0 Å². The van der Waals surface area contributed by atoms with Crippen LogP contribution < -0.4 is 0 Å². The lowest BCUT2D eigenvalue weighted by Gasteiger charge is -2.29. The van der Waals surface area contributed by atoms with Gasteiger partial charge in [0.25, 0.3) is 5.69 Å². The van der Waals surface area contributed by atoms with Gasteiger partial charge in [0.2, 0.25) is 0 Å². The number of esters is 1. The molecule has 1 saturated heterocycles. The highest BCUT2D eigenvalue weighted by molar-refractivity contribution is 7.91. The summed E-state index contributed by atoms with van der Waals surface area (Å²) in [6.45, 7) is 5.10. The molecule has 0 amide bonds. The van der Waals surface area contributed by atoms with Crippen molar-refractivity contribution in [1.29, 1.82) is 0 Å². The van der Waals surface area contributed by atoms with Gasteiger partial charge in [-0.1, -0.05) is 19.9 Å². The lowest BCUT2D eigenvalue weighted by atomic mass is 10.1. The number of nitro benzene ring substituents is 1. The van der Waals surface area contributed by atoms with Crippen LogP contribution in [-0.4, -0.2) is 61.0 Å². The molecule has 132 valence electrons. The van der Waals surface area contributed by atoms with Crippen LogP contribution in [0.5, 0.6) is 0 Å². The van der Waals surface area contributed by atoms with E-state index in [1.807, 2.05) is 18.7 Å². The fraction of sp³-hybridized carbons (Fsp3) is 0.533. The van der Waals surface area contributed by atoms with Crippen molar-refractivity contribution in [3.8, 4) is 0 Å². The molecule has 1 aliphatic rings. The fourth-order valence-corrected chi connectivity index (χ4v) is 4.77. The molecule has 0 aliphatic carbocycles. The average Bonchev–Trinajstić information content (AvgIpc) is 2.83. The topological polar surface area (TPSA) is 107 Å². The zero-order chi connectivity index (χ0) is 17.9. The van der Waals surface area contributed by atoms with Crippen molar-refractivity contribution in [2.45, 2.75) is 26.0 Å². The molecule has 1 aromatic carbocycles. The van der Waals surface area contributed by atoms with E-state index in [1.54, 1.807) is 0 Å². The maximum absolute atomic E-state index is 12.3. The van der Waals surface area contributed by atoms with Gasteiger partial charge in [0.1, 0.15) is 6.10 Å². The lowest BCUT2D eigenvalue weighted by molar-refractivity contribution is -0.384. The fourth-order valence-electron chi connectivity index (χ4n) is 2.89. The van der Waals surface area contributed by atoms with Crippen LogP contribution in [0.25, 0.3) is 0 Å². The van der Waals surface area contributed by atoms with Crippen molar-refractivity contribution in [3.05, 3.63) is 39.9 Å². The second kappa shape index (κ2) is 7.27. The highest BCUT2D eigenvalue weighted by Crippen LogP contribution is 2.23. The van der Waals surface area contributed by atoms with E-state index >= 15 is 0 Å². The zero-order valence-electron chi connectivity index (χ0n) is 13.5. The van der Waals surface area contributed by atoms with Crippen molar-refractivity contribution >= 4 is 21.5 Å². The maximum Gasteiger partial charge on any atom is 0.338 e. The van der Waals surface area contributed by atoms with Gasteiger partial charge in [0.05, 0.1) is 28.0 Å². The number of carbonyl (C=O) groups excluding carboxylic acids is 1. The first-order valence-corrected chi connectivity index (χ1v) is 9.49. The van der Waals surface area contributed by atoms with Gasteiger partial charge in [0, 0.05) is 12.1 Å². The summed E-state index contributed by atoms with van der Waals surface area (Å²) in [6, 6.07) is 4.80. The lowest BCUT2D eigenvalue weighted by Crippen LogP contribution is -2.44. The Bertz CT molecular complexity index is 729. The largest absolute Gasteiger partial charge is 0.456 e. The SMILES string of the molecule is CCN(CC)C1CS(=O)(=O)CC1OC(=O)c1cccc([N+](=O)[O-])c1. The summed E-state index contributed by atoms with van der Waals surface area (Å²) in [5.74, 6) is -1.03. The number of benzene rings is 1. The van der Waals surface area contributed by atoms with Crippen molar-refractivity contribution in [2.24, 2.45) is 0 Å². The van der Waals surface area contributed by atoms with Gasteiger partial charge in [-0.25, -0.2) is 13.2 Å². The first kappa shape index (κ1) is 18.3. The summed E-state index contributed by atoms with van der Waals surface area (Å²) in [7, 11) is -3.29. The molecule has 2 rings (SSSR count). The second-order valence-corrected chi connectivity index (χ2v) is 7.77. The predicted octanol–water partition coefficient (Wildman–Crippen LogP) is 1.26. The van der Waals surface area contributed by atoms with E-state index in [4.69, 9.17) is 4.74 Å². The number of hydrogen-bond acceptors (Lipinski definition) is 7. The quantitative estimate of drug-likeness (QED) is 0.429. The highest BCUT2D eigenvalue weighted by atomic mass is 32.2. The third kappa shape index (κ3) is 4.09. The molecule has 1 heterocycles. The molecule has 0 aromatic heterocycles. The molecule has 2 atom stereocenters. The molecule has 0 N–H and O–H groups in total. The Morgan fingerprint density at radius 3 is 2.58 bits per heavy atom. The third-order valence-electron chi connectivity index (χ3n) is 4.10. The van der Waals surface area contributed by atoms with Crippen molar-refractivity contribution < 1.29 is 22.9 Å². The van der Waals surface area contributed by atoms with Crippen LogP contribution in [0.3, 0.4) is 0 Å². The molecule has 1 aliphatic heterocycles. The van der Waals surface area contributed by atoms with Crippen LogP contribution in [0, 0.1) is 10.1 Å². The molecule has 0 radical (unpaired) electrons. The van der Waals surface area contributed by atoms with Crippen LogP contribution in [-0.2, 0) is 14.6 Å². The molecule has 2 unspecified atom stereocenters. The number of non-ortho nitro benzene ring substituents is 1. The summed E-state index contributed by atoms with van der Waals surface area (Å²) in [5, 5.41) is 10.8. The van der Waals surface area contributed by atoms with Gasteiger partial charge < -0.3 is 4.74 Å². The molecule has 0 spiro atoms. The van der Waals surface area contributed by atoms with E-state index in [0.717, 1.165) is 6.07 Å². The Balaban J connectivity index is 2.20. The van der Waals surface area contributed by atoms with Crippen molar-refractivity contribution in [3.63, 3.8) is 0 Å². The van der Waals surface area contributed by atoms with E-state index < -0.39 is 32.9 Å². The molecule has 1 fully saturated rings. The number of carbonyl (C=O) groups is 1. The molecule has 24 heavy (non-hydrogen) atoms. The van der Waals surface area contributed by atoms with Gasteiger partial charge in [-0.05, 0) is 19.2 Å². The number of ether oxygens (including phenoxy) is 1. The Hall–Kier alpha value is -2.00. The van der Waals surface area contributed by atoms with E-state index in [-0.39, 0.29) is 22.8 Å². The smallest absolute Gasteiger partial charge is 0.338 e. The van der Waals surface area contributed by atoms with E-state index in [9.17, 15) is 23.3 Å². The zero-order valence-corrected chi connectivity index (χ0v) is 14.4. The monoisotopic (exact) mass is 356 g/mol. The maximum atomic E-state index is 12.3. The number of nitro groups is 1. The molecule has 0 saturated carbocycles. The second-order valence-electron chi connectivity index (χ2n) is 5.62. The molecular formula is C15H20N2O6S. The minimum absolute atomic E-state index is 0.0341. The Morgan fingerprint density at radius 2 is 2.00 bits per heavy atom. The Kier molecular flexibility index (Phi) is 5.55. The first-order chi connectivity index (χ1) is 11.3. The van der Waals surface area contributed by atoms with Crippen LogP contribution in [0.1, 0.15) is 24.2 Å². The summed E-state index contributed by atoms with van der Waals surface area (Å²) in [4.78, 5) is 24.4. The highest BCUT2D eigenvalue weighted by Gasteiger charge is 2.42. The third-order valence-corrected chi connectivity index (χ3v) is 5.79. The molecule has 1 aromatic rings. The minimum Gasteiger partial charge on any atom is -0.456 e.